The van der Waals surface area contributed by atoms with Gasteiger partial charge in [0.2, 0.25) is 0 Å². The van der Waals surface area contributed by atoms with Crippen molar-refractivity contribution in [1.82, 2.24) is 19.8 Å². The first kappa shape index (κ1) is 34.7. The molecule has 2 unspecified atom stereocenters. The summed E-state index contributed by atoms with van der Waals surface area (Å²) in [5, 5.41) is 12.8. The molecular formula is C50H45N4P. The maximum absolute atomic E-state index is 3.88. The number of hydrogen-bond acceptors (Lipinski definition) is 2. The van der Waals surface area contributed by atoms with Gasteiger partial charge >= 0.3 is 0 Å². The molecule has 2 aromatic heterocycles. The molecule has 1 aliphatic carbocycles. The van der Waals surface area contributed by atoms with Gasteiger partial charge in [-0.25, -0.2) is 0 Å². The predicted octanol–water partition coefficient (Wildman–Crippen LogP) is 12.8. The van der Waals surface area contributed by atoms with Gasteiger partial charge in [-0.15, -0.1) is 0 Å². The van der Waals surface area contributed by atoms with Gasteiger partial charge in [0.15, 0.2) is 0 Å². The number of nitrogens with one attached hydrogen (secondary N) is 2. The zero-order valence-corrected chi connectivity index (χ0v) is 32.5. The Labute approximate surface area is 325 Å². The molecule has 4 nitrogen and oxygen atoms in total. The molecule has 0 saturated carbocycles. The second-order valence-corrected chi connectivity index (χ2v) is 15.2. The van der Waals surface area contributed by atoms with Gasteiger partial charge in [0.1, 0.15) is 0 Å². The third-order valence-corrected chi connectivity index (χ3v) is 12.3. The summed E-state index contributed by atoms with van der Waals surface area (Å²) in [6, 6.07) is 42.5. The Morgan fingerprint density at radius 2 is 1.42 bits per heavy atom. The van der Waals surface area contributed by atoms with E-state index in [0.717, 1.165) is 18.5 Å². The molecule has 0 fully saturated rings. The van der Waals surface area contributed by atoms with E-state index in [1.54, 1.807) is 0 Å². The smallest absolute Gasteiger partial charge is 0.0921 e. The van der Waals surface area contributed by atoms with Crippen molar-refractivity contribution in [3.8, 4) is 11.1 Å². The van der Waals surface area contributed by atoms with E-state index < -0.39 is 0 Å². The van der Waals surface area contributed by atoms with Crippen molar-refractivity contribution in [3.05, 3.63) is 175 Å². The highest BCUT2D eigenvalue weighted by atomic mass is 31.1. The van der Waals surface area contributed by atoms with Crippen LogP contribution in [0.15, 0.2) is 170 Å². The van der Waals surface area contributed by atoms with Crippen molar-refractivity contribution in [2.75, 3.05) is 0 Å². The van der Waals surface area contributed by atoms with Crippen molar-refractivity contribution in [2.24, 2.45) is 0 Å². The first-order valence-electron chi connectivity index (χ1n) is 19.5. The Bertz CT molecular complexity index is 2820. The van der Waals surface area contributed by atoms with Crippen LogP contribution in [0.2, 0.25) is 0 Å². The quantitative estimate of drug-likeness (QED) is 0.126. The van der Waals surface area contributed by atoms with Crippen LogP contribution in [0.5, 0.6) is 0 Å². The molecule has 2 N–H and O–H groups in total. The van der Waals surface area contributed by atoms with E-state index in [-0.39, 0.29) is 0 Å². The maximum Gasteiger partial charge on any atom is 0.0921 e. The normalized spacial score (nSPS) is 18.3. The Kier molecular flexibility index (Phi) is 9.22. The van der Waals surface area contributed by atoms with Crippen molar-refractivity contribution >= 4 is 74.7 Å². The molecule has 5 heteroatoms. The average molecular weight is 733 g/mol. The summed E-state index contributed by atoms with van der Waals surface area (Å²) in [6.45, 7) is 10.0. The molecule has 7 aromatic rings. The molecule has 3 aliphatic rings. The SMILES string of the molecule is C=C/C=C\C=C(\C)n1c2ccccc2c2cccc(-c3ccc4c(c3)c3ccccc3n4C3=CC=C(C4=C(c5ccccc5)NC5P=CC5N4)CC3)c21.CC. The standard InChI is InChI=1S/C48H39N4P.C2H6/c1-3-4-6-14-31(2)51-42-21-11-9-17-37(42)39-20-13-19-36(47(39)51)34-25-28-44-40(29-34)38-18-10-12-22-43(38)52(44)35-26-23-33(24-27-35)45-46(32-15-7-5-8-16-32)50-48-41(49-45)30-53-48;1-2/h3-23,25-26,28-30,41,48-50H,1,24,27H2,2H3;1-2H3/b6-4-,31-14-;. The van der Waals surface area contributed by atoms with Gasteiger partial charge in [-0.2, -0.15) is 0 Å². The molecular weight excluding hydrogens is 688 g/mol. The number of benzene rings is 5. The minimum Gasteiger partial charge on any atom is -0.374 e. The number of hydrogen-bond donors (Lipinski definition) is 2. The highest BCUT2D eigenvalue weighted by Crippen LogP contribution is 2.42. The fraction of sp³-hybridized carbons (Fsp3) is 0.140. The number of fused-ring (bicyclic) bond motifs is 7. The van der Waals surface area contributed by atoms with Crippen LogP contribution in [0.25, 0.3) is 71.8 Å². The monoisotopic (exact) mass is 732 g/mol. The van der Waals surface area contributed by atoms with Crippen LogP contribution < -0.4 is 10.6 Å². The molecule has 55 heavy (non-hydrogen) atoms. The lowest BCUT2D eigenvalue weighted by Gasteiger charge is -2.40. The molecule has 5 aromatic carbocycles. The molecule has 4 heterocycles. The van der Waals surface area contributed by atoms with E-state index in [1.165, 1.54) is 91.2 Å². The highest BCUT2D eigenvalue weighted by Gasteiger charge is 2.33. The van der Waals surface area contributed by atoms with E-state index in [1.807, 2.05) is 26.0 Å². The van der Waals surface area contributed by atoms with Crippen LogP contribution >= 0.6 is 8.20 Å². The Morgan fingerprint density at radius 3 is 2.16 bits per heavy atom. The highest BCUT2D eigenvalue weighted by molar-refractivity contribution is 7.42. The van der Waals surface area contributed by atoms with Crippen molar-refractivity contribution in [2.45, 2.75) is 45.4 Å². The second kappa shape index (κ2) is 14.6. The first-order chi connectivity index (χ1) is 27.2. The minimum absolute atomic E-state index is 0.373. The number of nitrogens with zero attached hydrogens (tertiary/aromatic N) is 2. The summed E-state index contributed by atoms with van der Waals surface area (Å²) >= 11 is 0. The van der Waals surface area contributed by atoms with Gasteiger partial charge in [0.05, 0.1) is 45.3 Å². The van der Waals surface area contributed by atoms with E-state index in [9.17, 15) is 0 Å². The number of allylic oxidation sites excluding steroid dienone is 9. The van der Waals surface area contributed by atoms with Crippen LogP contribution in [0.3, 0.4) is 0 Å². The molecule has 270 valence electrons. The predicted molar refractivity (Wildman–Crippen MR) is 240 cm³/mol. The molecule has 0 spiro atoms. The number of para-hydroxylation sites is 3. The average Bonchev–Trinajstić information content (AvgIpc) is 3.75. The molecule has 0 amide bonds. The summed E-state index contributed by atoms with van der Waals surface area (Å²) in [5.74, 6) is 2.79. The Hall–Kier alpha value is -6.09. The van der Waals surface area contributed by atoms with Crippen molar-refractivity contribution in [3.63, 3.8) is 0 Å². The molecule has 10 rings (SSSR count). The van der Waals surface area contributed by atoms with E-state index >= 15 is 0 Å². The molecule has 0 radical (unpaired) electrons. The summed E-state index contributed by atoms with van der Waals surface area (Å²) in [7, 11) is 1.36. The molecule has 2 atom stereocenters. The van der Waals surface area contributed by atoms with Crippen LogP contribution in [0, 0.1) is 0 Å². The van der Waals surface area contributed by atoms with Gasteiger partial charge in [-0.3, -0.25) is 0 Å². The van der Waals surface area contributed by atoms with Crippen molar-refractivity contribution < 1.29 is 0 Å². The van der Waals surface area contributed by atoms with Crippen LogP contribution in [-0.2, 0) is 0 Å². The fourth-order valence-corrected chi connectivity index (χ4v) is 9.35. The van der Waals surface area contributed by atoms with E-state index in [4.69, 9.17) is 0 Å². The lowest BCUT2D eigenvalue weighted by molar-refractivity contribution is 0.595. The third-order valence-electron chi connectivity index (χ3n) is 11.0. The summed E-state index contributed by atoms with van der Waals surface area (Å²) < 4.78 is 4.90. The summed E-state index contributed by atoms with van der Waals surface area (Å²) in [6.07, 6.45) is 14.6. The Morgan fingerprint density at radius 1 is 0.691 bits per heavy atom. The van der Waals surface area contributed by atoms with Crippen LogP contribution in [-0.4, -0.2) is 26.8 Å². The fourth-order valence-electron chi connectivity index (χ4n) is 8.48. The summed E-state index contributed by atoms with van der Waals surface area (Å²) in [4.78, 5) is 0. The number of rotatable bonds is 7. The largest absolute Gasteiger partial charge is 0.374 e. The molecule has 2 aliphatic heterocycles. The molecule has 0 saturated heterocycles. The van der Waals surface area contributed by atoms with Gasteiger partial charge in [0.25, 0.3) is 0 Å². The van der Waals surface area contributed by atoms with Gasteiger partial charge < -0.3 is 19.8 Å². The zero-order chi connectivity index (χ0) is 37.5. The Balaban J connectivity index is 0.00000195. The second-order valence-electron chi connectivity index (χ2n) is 14.1. The van der Waals surface area contributed by atoms with E-state index in [0.29, 0.717) is 11.8 Å². The van der Waals surface area contributed by atoms with Gasteiger partial charge in [-0.1, -0.05) is 144 Å². The van der Waals surface area contributed by atoms with E-state index in [2.05, 4.69) is 179 Å². The number of aromatic nitrogens is 2. The lowest BCUT2D eigenvalue weighted by atomic mass is 9.94. The van der Waals surface area contributed by atoms with Crippen LogP contribution in [0.1, 0.15) is 39.2 Å². The lowest BCUT2D eigenvalue weighted by Crippen LogP contribution is -2.54. The topological polar surface area (TPSA) is 33.9 Å². The first-order valence-corrected chi connectivity index (χ1v) is 20.5. The maximum atomic E-state index is 3.88. The van der Waals surface area contributed by atoms with Crippen molar-refractivity contribution in [1.29, 1.82) is 0 Å². The third kappa shape index (κ3) is 5.89. The van der Waals surface area contributed by atoms with Gasteiger partial charge in [0, 0.05) is 38.5 Å². The summed E-state index contributed by atoms with van der Waals surface area (Å²) in [5.41, 5.74) is 14.9. The molecule has 0 bridgehead atoms. The van der Waals surface area contributed by atoms with Gasteiger partial charge in [-0.05, 0) is 78.7 Å². The zero-order valence-electron chi connectivity index (χ0n) is 31.6. The van der Waals surface area contributed by atoms with Crippen LogP contribution in [0.4, 0.5) is 0 Å². The minimum atomic E-state index is 0.373.